The van der Waals surface area contributed by atoms with Gasteiger partial charge in [0.2, 0.25) is 0 Å². The van der Waals surface area contributed by atoms with E-state index in [4.69, 9.17) is 12.2 Å². The van der Waals surface area contributed by atoms with Gasteiger partial charge in [-0.15, -0.1) is 0 Å². The van der Waals surface area contributed by atoms with Crippen molar-refractivity contribution in [2.75, 3.05) is 11.9 Å². The van der Waals surface area contributed by atoms with Crippen LogP contribution in [0.3, 0.4) is 0 Å². The van der Waals surface area contributed by atoms with Gasteiger partial charge in [0, 0.05) is 18.3 Å². The number of rotatable bonds is 1. The van der Waals surface area contributed by atoms with Crippen LogP contribution in [-0.2, 0) is 6.18 Å². The average Bonchev–Trinajstić information content (AvgIpc) is 2.67. The van der Waals surface area contributed by atoms with Gasteiger partial charge in [0.1, 0.15) is 0 Å². The lowest BCUT2D eigenvalue weighted by atomic mass is 9.65. The Morgan fingerprint density at radius 3 is 2.62 bits per heavy atom. The van der Waals surface area contributed by atoms with Crippen LogP contribution < -0.4 is 5.32 Å². The minimum Gasteiger partial charge on any atom is -0.345 e. The first-order valence-electron chi connectivity index (χ1n) is 8.22. The number of hydrogen-bond donors (Lipinski definition) is 1. The van der Waals surface area contributed by atoms with Crippen molar-refractivity contribution in [1.29, 1.82) is 0 Å². The quantitative estimate of drug-likeness (QED) is 0.687. The normalized spacial score (nSPS) is 28.8. The van der Waals surface area contributed by atoms with Gasteiger partial charge in [-0.05, 0) is 60.5 Å². The van der Waals surface area contributed by atoms with Crippen molar-refractivity contribution in [2.24, 2.45) is 10.8 Å². The highest BCUT2D eigenvalue weighted by Gasteiger charge is 2.50. The number of thiocarbonyl (C=S) groups is 1. The molecule has 1 aromatic rings. The molecule has 1 saturated heterocycles. The van der Waals surface area contributed by atoms with E-state index in [1.165, 1.54) is 6.07 Å². The molecule has 132 valence electrons. The van der Waals surface area contributed by atoms with Gasteiger partial charge >= 0.3 is 6.18 Å². The van der Waals surface area contributed by atoms with E-state index >= 15 is 0 Å². The Balaban J connectivity index is 1.75. The highest BCUT2D eigenvalue weighted by Crippen LogP contribution is 2.52. The second kappa shape index (κ2) is 5.61. The summed E-state index contributed by atoms with van der Waals surface area (Å²) in [5, 5.41) is 3.54. The predicted molar refractivity (Wildman–Crippen MR) is 93.9 cm³/mol. The van der Waals surface area contributed by atoms with Crippen molar-refractivity contribution in [3.63, 3.8) is 0 Å². The summed E-state index contributed by atoms with van der Waals surface area (Å²) >= 11 is 5.51. The zero-order valence-corrected chi connectivity index (χ0v) is 15.0. The van der Waals surface area contributed by atoms with E-state index in [1.807, 2.05) is 0 Å². The number of anilines is 1. The molecule has 6 heteroatoms. The van der Waals surface area contributed by atoms with E-state index in [2.05, 4.69) is 31.0 Å². The van der Waals surface area contributed by atoms with Crippen molar-refractivity contribution in [3.05, 3.63) is 29.8 Å². The number of benzene rings is 1. The van der Waals surface area contributed by atoms with E-state index in [1.54, 1.807) is 6.07 Å². The Morgan fingerprint density at radius 1 is 1.25 bits per heavy atom. The Hall–Kier alpha value is -1.30. The maximum atomic E-state index is 12.8. The molecule has 3 rings (SSSR count). The Kier molecular flexibility index (Phi) is 4.10. The molecule has 0 aromatic heterocycles. The maximum absolute atomic E-state index is 12.8. The van der Waals surface area contributed by atoms with E-state index < -0.39 is 11.7 Å². The van der Waals surface area contributed by atoms with Crippen molar-refractivity contribution in [1.82, 2.24) is 4.90 Å². The molecule has 0 amide bonds. The standard InChI is InChI=1S/C18H23F3N2S/c1-16(2)8-14-9-17(3,10-16)11-23(14)15(24)22-13-6-4-5-12(7-13)18(19,20)21/h4-7,14H,8-11H2,1-3H3,(H,22,24)/t14-,17+/m0/s1. The molecule has 1 aromatic carbocycles. The van der Waals surface area contributed by atoms with E-state index in [-0.39, 0.29) is 10.8 Å². The number of alkyl halides is 3. The molecule has 1 aliphatic carbocycles. The van der Waals surface area contributed by atoms with Gasteiger partial charge in [-0.1, -0.05) is 26.8 Å². The second-order valence-electron chi connectivity index (χ2n) is 8.35. The fraction of sp³-hybridized carbons (Fsp3) is 0.611. The summed E-state index contributed by atoms with van der Waals surface area (Å²) in [6, 6.07) is 5.57. The minimum atomic E-state index is -4.35. The molecule has 24 heavy (non-hydrogen) atoms. The second-order valence-corrected chi connectivity index (χ2v) is 8.74. The number of fused-ring (bicyclic) bond motifs is 2. The van der Waals surface area contributed by atoms with E-state index in [0.717, 1.165) is 37.9 Å². The molecule has 1 saturated carbocycles. The first kappa shape index (κ1) is 17.5. The number of nitrogens with one attached hydrogen (secondary N) is 1. The van der Waals surface area contributed by atoms with E-state index in [0.29, 0.717) is 16.8 Å². The third kappa shape index (κ3) is 3.53. The lowest BCUT2D eigenvalue weighted by molar-refractivity contribution is -0.137. The molecule has 2 bridgehead atoms. The molecule has 1 aliphatic heterocycles. The number of hydrogen-bond acceptors (Lipinski definition) is 1. The molecule has 2 atom stereocenters. The molecule has 2 fully saturated rings. The monoisotopic (exact) mass is 356 g/mol. The SMILES string of the molecule is CC1(C)C[C@H]2C[C@@](C)(CN2C(=S)Nc2cccc(C(F)(F)F)c2)C1. The number of nitrogens with zero attached hydrogens (tertiary/aromatic N) is 1. The Bertz CT molecular complexity index is 656. The van der Waals surface area contributed by atoms with Gasteiger partial charge in [-0.25, -0.2) is 0 Å². The van der Waals surface area contributed by atoms with Gasteiger partial charge in [0.15, 0.2) is 5.11 Å². The van der Waals surface area contributed by atoms with Crippen LogP contribution in [0.1, 0.15) is 45.6 Å². The maximum Gasteiger partial charge on any atom is 0.416 e. The third-order valence-corrected chi connectivity index (χ3v) is 5.45. The van der Waals surface area contributed by atoms with Gasteiger partial charge in [0.05, 0.1) is 5.56 Å². The molecule has 0 unspecified atom stereocenters. The summed E-state index contributed by atoms with van der Waals surface area (Å²) in [7, 11) is 0. The smallest absolute Gasteiger partial charge is 0.345 e. The Morgan fingerprint density at radius 2 is 1.96 bits per heavy atom. The van der Waals surface area contributed by atoms with Gasteiger partial charge < -0.3 is 10.2 Å². The molecule has 2 aliphatic rings. The summed E-state index contributed by atoms with van der Waals surface area (Å²) in [5.41, 5.74) is 0.230. The van der Waals surface area contributed by atoms with Crippen LogP contribution in [0.4, 0.5) is 18.9 Å². The van der Waals surface area contributed by atoms with Crippen LogP contribution in [0.25, 0.3) is 0 Å². The lowest BCUT2D eigenvalue weighted by Crippen LogP contribution is -2.40. The van der Waals surface area contributed by atoms with Crippen LogP contribution in [0.15, 0.2) is 24.3 Å². The fourth-order valence-corrected chi connectivity index (χ4v) is 5.00. The molecule has 1 N–H and O–H groups in total. The summed E-state index contributed by atoms with van der Waals surface area (Å²) < 4.78 is 38.5. The first-order chi connectivity index (χ1) is 11.0. The van der Waals surface area contributed by atoms with Gasteiger partial charge in [0.25, 0.3) is 0 Å². The van der Waals surface area contributed by atoms with Crippen LogP contribution in [0.2, 0.25) is 0 Å². The molecule has 2 nitrogen and oxygen atoms in total. The number of likely N-dealkylation sites (tertiary alicyclic amines) is 1. The zero-order valence-electron chi connectivity index (χ0n) is 14.2. The Labute approximate surface area is 146 Å². The molecular formula is C18H23F3N2S. The highest BCUT2D eigenvalue weighted by atomic mass is 32.1. The van der Waals surface area contributed by atoms with Gasteiger partial charge in [-0.2, -0.15) is 13.2 Å². The molecule has 0 radical (unpaired) electrons. The summed E-state index contributed by atoms with van der Waals surface area (Å²) in [6.45, 7) is 7.72. The molecular weight excluding hydrogens is 333 g/mol. The van der Waals surface area contributed by atoms with E-state index in [9.17, 15) is 13.2 Å². The molecule has 1 heterocycles. The zero-order chi connectivity index (χ0) is 17.8. The van der Waals surface area contributed by atoms with Crippen molar-refractivity contribution in [2.45, 2.75) is 52.3 Å². The van der Waals surface area contributed by atoms with Crippen LogP contribution in [0.5, 0.6) is 0 Å². The minimum absolute atomic E-state index is 0.228. The van der Waals surface area contributed by atoms with Crippen molar-refractivity contribution < 1.29 is 13.2 Å². The summed E-state index contributed by atoms with van der Waals surface area (Å²) in [6.07, 6.45) is -1.03. The summed E-state index contributed by atoms with van der Waals surface area (Å²) in [5.74, 6) is 0. The van der Waals surface area contributed by atoms with Gasteiger partial charge in [-0.3, -0.25) is 0 Å². The number of halogens is 3. The fourth-order valence-electron chi connectivity index (χ4n) is 4.67. The summed E-state index contributed by atoms with van der Waals surface area (Å²) in [4.78, 5) is 2.17. The van der Waals surface area contributed by atoms with Crippen molar-refractivity contribution >= 4 is 23.0 Å². The van der Waals surface area contributed by atoms with Crippen LogP contribution >= 0.6 is 12.2 Å². The van der Waals surface area contributed by atoms with Crippen LogP contribution in [0, 0.1) is 10.8 Å². The largest absolute Gasteiger partial charge is 0.416 e. The topological polar surface area (TPSA) is 15.3 Å². The first-order valence-corrected chi connectivity index (χ1v) is 8.63. The molecule has 0 spiro atoms. The predicted octanol–water partition coefficient (Wildman–Crippen LogP) is 5.30. The van der Waals surface area contributed by atoms with Crippen molar-refractivity contribution in [3.8, 4) is 0 Å². The highest BCUT2D eigenvalue weighted by molar-refractivity contribution is 7.80. The average molecular weight is 356 g/mol. The lowest BCUT2D eigenvalue weighted by Gasteiger charge is -2.39. The van der Waals surface area contributed by atoms with Crippen LogP contribution in [-0.4, -0.2) is 22.6 Å². The third-order valence-electron chi connectivity index (χ3n) is 5.12.